The van der Waals surface area contributed by atoms with E-state index in [-0.39, 0.29) is 11.9 Å². The summed E-state index contributed by atoms with van der Waals surface area (Å²) in [7, 11) is 0. The van der Waals surface area contributed by atoms with Crippen molar-refractivity contribution in [2.75, 3.05) is 23.4 Å². The molecule has 1 saturated heterocycles. The zero-order chi connectivity index (χ0) is 15.1. The molecule has 1 aliphatic rings. The van der Waals surface area contributed by atoms with Crippen LogP contribution in [0.4, 0.5) is 10.5 Å². The van der Waals surface area contributed by atoms with Crippen molar-refractivity contribution in [2.24, 2.45) is 5.73 Å². The lowest BCUT2D eigenvalue weighted by atomic mass is 10.2. The van der Waals surface area contributed by atoms with Crippen molar-refractivity contribution in [2.45, 2.75) is 19.0 Å². The van der Waals surface area contributed by atoms with Crippen molar-refractivity contribution in [3.05, 3.63) is 29.8 Å². The highest BCUT2D eigenvalue weighted by Crippen LogP contribution is 2.13. The zero-order valence-corrected chi connectivity index (χ0v) is 12.5. The largest absolute Gasteiger partial charge is 0.352 e. The van der Waals surface area contributed by atoms with Gasteiger partial charge in [0.1, 0.15) is 0 Å². The summed E-state index contributed by atoms with van der Waals surface area (Å²) in [5.74, 6) is 2.10. The van der Waals surface area contributed by atoms with Crippen molar-refractivity contribution in [3.63, 3.8) is 0 Å². The van der Waals surface area contributed by atoms with Crippen LogP contribution in [-0.4, -0.2) is 36.0 Å². The first-order chi connectivity index (χ1) is 10.1. The lowest BCUT2D eigenvalue weighted by molar-refractivity contribution is -0.116. The minimum absolute atomic E-state index is 0.0120. The third-order valence-electron chi connectivity index (χ3n) is 3.13. The fourth-order valence-electron chi connectivity index (χ4n) is 2.08. The molecule has 1 aromatic carbocycles. The Morgan fingerprint density at radius 3 is 2.71 bits per heavy atom. The minimum Gasteiger partial charge on any atom is -0.352 e. The number of hydrogen-bond donors (Lipinski definition) is 4. The number of anilines is 1. The number of thioether (sulfide) groups is 1. The van der Waals surface area contributed by atoms with E-state index in [9.17, 15) is 9.59 Å². The van der Waals surface area contributed by atoms with Crippen LogP contribution in [0.2, 0.25) is 0 Å². The molecule has 0 saturated carbocycles. The summed E-state index contributed by atoms with van der Waals surface area (Å²) in [6.07, 6.45) is 0.484. The highest BCUT2D eigenvalue weighted by molar-refractivity contribution is 7.99. The first-order valence-corrected chi connectivity index (χ1v) is 8.02. The van der Waals surface area contributed by atoms with Crippen LogP contribution >= 0.6 is 11.8 Å². The van der Waals surface area contributed by atoms with Gasteiger partial charge < -0.3 is 21.7 Å². The van der Waals surface area contributed by atoms with Gasteiger partial charge in [0.05, 0.1) is 0 Å². The maximum atomic E-state index is 11.9. The smallest absolute Gasteiger partial charge is 0.312 e. The molecule has 1 fully saturated rings. The monoisotopic (exact) mass is 308 g/mol. The summed E-state index contributed by atoms with van der Waals surface area (Å²) in [6.45, 7) is 1.34. The fraction of sp³-hybridized carbons (Fsp3) is 0.429. The van der Waals surface area contributed by atoms with Gasteiger partial charge in [0, 0.05) is 42.7 Å². The second kappa shape index (κ2) is 7.90. The Morgan fingerprint density at radius 1 is 1.33 bits per heavy atom. The average Bonchev–Trinajstić information content (AvgIpc) is 2.47. The fourth-order valence-corrected chi connectivity index (χ4v) is 3.03. The van der Waals surface area contributed by atoms with E-state index in [1.54, 1.807) is 0 Å². The summed E-state index contributed by atoms with van der Waals surface area (Å²) in [5.41, 5.74) is 6.69. The lowest BCUT2D eigenvalue weighted by Crippen LogP contribution is -2.39. The Morgan fingerprint density at radius 2 is 2.10 bits per heavy atom. The van der Waals surface area contributed by atoms with Crippen LogP contribution in [0.25, 0.3) is 0 Å². The quantitative estimate of drug-likeness (QED) is 0.649. The van der Waals surface area contributed by atoms with E-state index in [4.69, 9.17) is 5.73 Å². The molecule has 7 heteroatoms. The van der Waals surface area contributed by atoms with E-state index in [1.165, 1.54) is 0 Å². The average molecular weight is 308 g/mol. The second-order valence-electron chi connectivity index (χ2n) is 4.89. The number of carbonyl (C=O) groups excluding carboxylic acids is 2. The summed E-state index contributed by atoms with van der Waals surface area (Å²) in [4.78, 5) is 22.6. The molecule has 0 aliphatic carbocycles. The molecule has 114 valence electrons. The molecule has 1 atom stereocenters. The SMILES string of the molecule is NC(=O)NCc1ccc(NC(=O)CC2CSCCN2)cc1. The number of amides is 3. The lowest BCUT2D eigenvalue weighted by Gasteiger charge is -2.22. The normalized spacial score (nSPS) is 18.0. The van der Waals surface area contributed by atoms with Gasteiger partial charge in [-0.05, 0) is 17.7 Å². The van der Waals surface area contributed by atoms with Crippen LogP contribution in [0, 0.1) is 0 Å². The molecule has 0 bridgehead atoms. The van der Waals surface area contributed by atoms with Crippen molar-refractivity contribution >= 4 is 29.4 Å². The van der Waals surface area contributed by atoms with Crippen LogP contribution in [0.5, 0.6) is 0 Å². The Bertz CT molecular complexity index is 486. The van der Waals surface area contributed by atoms with E-state index in [0.717, 1.165) is 29.3 Å². The van der Waals surface area contributed by atoms with E-state index in [1.807, 2.05) is 36.0 Å². The van der Waals surface area contributed by atoms with E-state index in [0.29, 0.717) is 13.0 Å². The van der Waals surface area contributed by atoms with E-state index < -0.39 is 6.03 Å². The maximum Gasteiger partial charge on any atom is 0.312 e. The molecule has 5 N–H and O–H groups in total. The van der Waals surface area contributed by atoms with Crippen LogP contribution in [0.1, 0.15) is 12.0 Å². The molecule has 2 rings (SSSR count). The zero-order valence-electron chi connectivity index (χ0n) is 11.7. The van der Waals surface area contributed by atoms with Gasteiger partial charge in [-0.1, -0.05) is 12.1 Å². The van der Waals surface area contributed by atoms with Crippen LogP contribution in [0.3, 0.4) is 0 Å². The second-order valence-corrected chi connectivity index (χ2v) is 6.04. The summed E-state index contributed by atoms with van der Waals surface area (Å²) < 4.78 is 0. The number of hydrogen-bond acceptors (Lipinski definition) is 4. The third-order valence-corrected chi connectivity index (χ3v) is 4.27. The van der Waals surface area contributed by atoms with Crippen molar-refractivity contribution in [3.8, 4) is 0 Å². The molecule has 6 nitrogen and oxygen atoms in total. The van der Waals surface area contributed by atoms with Crippen molar-refractivity contribution in [1.82, 2.24) is 10.6 Å². The number of carbonyl (C=O) groups is 2. The molecule has 0 radical (unpaired) electrons. The molecule has 1 unspecified atom stereocenters. The van der Waals surface area contributed by atoms with Gasteiger partial charge in [-0.15, -0.1) is 0 Å². The number of rotatable bonds is 5. The van der Waals surface area contributed by atoms with Gasteiger partial charge in [0.15, 0.2) is 0 Å². The topological polar surface area (TPSA) is 96.2 Å². The number of nitrogens with one attached hydrogen (secondary N) is 3. The predicted octanol–water partition coefficient (Wildman–Crippen LogP) is 0.888. The first kappa shape index (κ1) is 15.7. The van der Waals surface area contributed by atoms with Gasteiger partial charge in [-0.2, -0.15) is 11.8 Å². The van der Waals surface area contributed by atoms with Gasteiger partial charge in [-0.25, -0.2) is 4.79 Å². The Balaban J connectivity index is 1.79. The number of nitrogens with two attached hydrogens (primary N) is 1. The van der Waals surface area contributed by atoms with Gasteiger partial charge in [-0.3, -0.25) is 4.79 Å². The van der Waals surface area contributed by atoms with Crippen LogP contribution < -0.4 is 21.7 Å². The van der Waals surface area contributed by atoms with Crippen LogP contribution in [0.15, 0.2) is 24.3 Å². The summed E-state index contributed by atoms with van der Waals surface area (Å²) in [5, 5.41) is 8.74. The van der Waals surface area contributed by atoms with Gasteiger partial charge in [0.25, 0.3) is 0 Å². The molecule has 3 amide bonds. The number of benzene rings is 1. The van der Waals surface area contributed by atoms with Crippen LogP contribution in [-0.2, 0) is 11.3 Å². The summed E-state index contributed by atoms with van der Waals surface area (Å²) in [6, 6.07) is 7.03. The number of urea groups is 1. The van der Waals surface area contributed by atoms with Crippen molar-refractivity contribution < 1.29 is 9.59 Å². The molecule has 0 spiro atoms. The predicted molar refractivity (Wildman–Crippen MR) is 85.2 cm³/mol. The maximum absolute atomic E-state index is 11.9. The minimum atomic E-state index is -0.551. The molecular formula is C14H20N4O2S. The van der Waals surface area contributed by atoms with Gasteiger partial charge >= 0.3 is 6.03 Å². The molecule has 1 aliphatic heterocycles. The molecule has 0 aromatic heterocycles. The molecule has 1 aromatic rings. The Kier molecular flexibility index (Phi) is 5.89. The molecular weight excluding hydrogens is 288 g/mol. The standard InChI is InChI=1S/C14H20N4O2S/c15-14(20)17-8-10-1-3-11(4-2-10)18-13(19)7-12-9-21-6-5-16-12/h1-4,12,16H,5-9H2,(H,18,19)(H3,15,17,20). The van der Waals surface area contributed by atoms with Crippen molar-refractivity contribution in [1.29, 1.82) is 0 Å². The highest BCUT2D eigenvalue weighted by atomic mass is 32.2. The summed E-state index contributed by atoms with van der Waals surface area (Å²) >= 11 is 1.87. The molecule has 21 heavy (non-hydrogen) atoms. The highest BCUT2D eigenvalue weighted by Gasteiger charge is 2.16. The van der Waals surface area contributed by atoms with E-state index in [2.05, 4.69) is 16.0 Å². The molecule has 1 heterocycles. The van der Waals surface area contributed by atoms with E-state index >= 15 is 0 Å². The third kappa shape index (κ3) is 5.65. The first-order valence-electron chi connectivity index (χ1n) is 6.87. The van der Waals surface area contributed by atoms with Gasteiger partial charge in [0.2, 0.25) is 5.91 Å². The Hall–Kier alpha value is -1.73. The number of primary amides is 1. The Labute approximate surface area is 128 Å².